The van der Waals surface area contributed by atoms with Crippen LogP contribution in [0, 0.1) is 5.82 Å². The molecule has 1 aromatic carbocycles. The zero-order valence-corrected chi connectivity index (χ0v) is 11.0. The lowest BCUT2D eigenvalue weighted by atomic mass is 10.1. The largest absolute Gasteiger partial charge is 0.340 e. The molecule has 0 aromatic heterocycles. The highest BCUT2D eigenvalue weighted by molar-refractivity contribution is 6.30. The Kier molecular flexibility index (Phi) is 4.19. The molecule has 1 aromatic rings. The third kappa shape index (κ3) is 3.00. The quantitative estimate of drug-likeness (QED) is 0.914. The second kappa shape index (κ2) is 5.67. The number of hydrogen-bond acceptors (Lipinski definition) is 2. The minimum atomic E-state index is -0.571. The first kappa shape index (κ1) is 13.3. The van der Waals surface area contributed by atoms with E-state index in [0.29, 0.717) is 17.6 Å². The van der Waals surface area contributed by atoms with E-state index in [4.69, 9.17) is 11.6 Å². The van der Waals surface area contributed by atoms with Crippen molar-refractivity contribution < 1.29 is 9.18 Å². The highest BCUT2D eigenvalue weighted by Crippen LogP contribution is 2.16. The van der Waals surface area contributed by atoms with Crippen LogP contribution < -0.4 is 5.32 Å². The Morgan fingerprint density at radius 1 is 1.61 bits per heavy atom. The average molecular weight is 271 g/mol. The highest BCUT2D eigenvalue weighted by Gasteiger charge is 2.21. The number of halogens is 2. The molecule has 5 heteroatoms. The molecule has 1 aliphatic rings. The van der Waals surface area contributed by atoms with E-state index < -0.39 is 5.82 Å². The van der Waals surface area contributed by atoms with Crippen molar-refractivity contribution in [3.63, 3.8) is 0 Å². The van der Waals surface area contributed by atoms with Gasteiger partial charge in [-0.3, -0.25) is 4.79 Å². The van der Waals surface area contributed by atoms with Crippen molar-refractivity contribution in [2.75, 3.05) is 20.1 Å². The molecule has 1 atom stereocenters. The van der Waals surface area contributed by atoms with Crippen molar-refractivity contribution in [2.45, 2.75) is 18.9 Å². The van der Waals surface area contributed by atoms with Gasteiger partial charge in [0.15, 0.2) is 0 Å². The maximum Gasteiger partial charge on any atom is 0.256 e. The summed E-state index contributed by atoms with van der Waals surface area (Å²) in [5.74, 6) is -0.878. The van der Waals surface area contributed by atoms with E-state index >= 15 is 0 Å². The van der Waals surface area contributed by atoms with E-state index in [1.807, 2.05) is 0 Å². The minimum absolute atomic E-state index is 0.0693. The van der Waals surface area contributed by atoms with E-state index in [1.54, 1.807) is 11.9 Å². The number of hydrogen-bond donors (Lipinski definition) is 1. The van der Waals surface area contributed by atoms with Gasteiger partial charge in [-0.25, -0.2) is 4.39 Å². The predicted octanol–water partition coefficient (Wildman–Crippen LogP) is 2.30. The Morgan fingerprint density at radius 3 is 3.00 bits per heavy atom. The van der Waals surface area contributed by atoms with Gasteiger partial charge in [0, 0.05) is 24.7 Å². The predicted molar refractivity (Wildman–Crippen MR) is 69.4 cm³/mol. The molecule has 0 aliphatic carbocycles. The van der Waals surface area contributed by atoms with Gasteiger partial charge in [-0.2, -0.15) is 0 Å². The number of carbonyl (C=O) groups is 1. The maximum atomic E-state index is 13.6. The lowest BCUT2D eigenvalue weighted by Gasteiger charge is -2.21. The summed E-state index contributed by atoms with van der Waals surface area (Å²) in [6.45, 7) is 1.59. The number of carbonyl (C=O) groups excluding carboxylic acids is 1. The van der Waals surface area contributed by atoms with Crippen molar-refractivity contribution in [1.82, 2.24) is 10.2 Å². The first-order valence-electron chi connectivity index (χ1n) is 6.02. The van der Waals surface area contributed by atoms with E-state index in [2.05, 4.69) is 5.32 Å². The van der Waals surface area contributed by atoms with Gasteiger partial charge in [-0.05, 0) is 37.6 Å². The lowest BCUT2D eigenvalue weighted by Crippen LogP contribution is -2.38. The first-order valence-corrected chi connectivity index (χ1v) is 6.39. The summed E-state index contributed by atoms with van der Waals surface area (Å²) in [6.07, 6.45) is 2.18. The number of amides is 1. The zero-order chi connectivity index (χ0) is 13.1. The molecule has 1 amide bonds. The van der Waals surface area contributed by atoms with E-state index in [9.17, 15) is 9.18 Å². The minimum Gasteiger partial charge on any atom is -0.340 e. The molecule has 3 nitrogen and oxygen atoms in total. The Balaban J connectivity index is 2.05. The summed E-state index contributed by atoms with van der Waals surface area (Å²) < 4.78 is 13.6. The topological polar surface area (TPSA) is 32.3 Å². The molecule has 1 heterocycles. The molecule has 98 valence electrons. The van der Waals surface area contributed by atoms with Crippen molar-refractivity contribution in [3.05, 3.63) is 34.6 Å². The van der Waals surface area contributed by atoms with Crippen LogP contribution in [0.5, 0.6) is 0 Å². The van der Waals surface area contributed by atoms with Crippen LogP contribution in [0.25, 0.3) is 0 Å². The Morgan fingerprint density at radius 2 is 2.39 bits per heavy atom. The molecular formula is C13H16ClFN2O. The third-order valence-electron chi connectivity index (χ3n) is 3.16. The molecule has 1 aliphatic heterocycles. The Hall–Kier alpha value is -1.13. The van der Waals surface area contributed by atoms with Gasteiger partial charge in [0.2, 0.25) is 0 Å². The third-order valence-corrected chi connectivity index (χ3v) is 3.40. The Bertz CT molecular complexity index is 447. The number of likely N-dealkylation sites (N-methyl/N-ethyl adjacent to an activating group) is 1. The van der Waals surface area contributed by atoms with E-state index in [1.165, 1.54) is 12.1 Å². The molecule has 0 radical (unpaired) electrons. The van der Waals surface area contributed by atoms with Gasteiger partial charge in [-0.15, -0.1) is 0 Å². The SMILES string of the molecule is CN(CC1CCCN1)C(=O)c1ccc(Cl)cc1F. The van der Waals surface area contributed by atoms with E-state index in [0.717, 1.165) is 25.5 Å². The summed E-state index contributed by atoms with van der Waals surface area (Å²) in [7, 11) is 1.69. The van der Waals surface area contributed by atoms with Gasteiger partial charge in [-0.1, -0.05) is 11.6 Å². The normalized spacial score (nSPS) is 18.9. The van der Waals surface area contributed by atoms with Gasteiger partial charge in [0.05, 0.1) is 5.56 Å². The number of rotatable bonds is 3. The molecule has 0 spiro atoms. The van der Waals surface area contributed by atoms with Crippen molar-refractivity contribution in [2.24, 2.45) is 0 Å². The summed E-state index contributed by atoms with van der Waals surface area (Å²) in [5.41, 5.74) is 0.0693. The molecule has 1 unspecified atom stereocenters. The second-order valence-electron chi connectivity index (χ2n) is 4.60. The van der Waals surface area contributed by atoms with Crippen LogP contribution in [0.2, 0.25) is 5.02 Å². The van der Waals surface area contributed by atoms with Crippen LogP contribution in [0.4, 0.5) is 4.39 Å². The number of benzene rings is 1. The second-order valence-corrected chi connectivity index (χ2v) is 5.04. The zero-order valence-electron chi connectivity index (χ0n) is 10.2. The van der Waals surface area contributed by atoms with Crippen LogP contribution in [-0.4, -0.2) is 37.0 Å². The van der Waals surface area contributed by atoms with Crippen molar-refractivity contribution >= 4 is 17.5 Å². The molecule has 1 saturated heterocycles. The smallest absolute Gasteiger partial charge is 0.256 e. The fourth-order valence-corrected chi connectivity index (χ4v) is 2.35. The molecule has 0 saturated carbocycles. The summed E-state index contributed by atoms with van der Waals surface area (Å²) in [4.78, 5) is 13.6. The number of nitrogens with one attached hydrogen (secondary N) is 1. The van der Waals surface area contributed by atoms with Crippen LogP contribution >= 0.6 is 11.6 Å². The van der Waals surface area contributed by atoms with Gasteiger partial charge < -0.3 is 10.2 Å². The molecule has 1 fully saturated rings. The fourth-order valence-electron chi connectivity index (χ4n) is 2.19. The average Bonchev–Trinajstić information content (AvgIpc) is 2.81. The van der Waals surface area contributed by atoms with Crippen molar-refractivity contribution in [1.29, 1.82) is 0 Å². The summed E-state index contributed by atoms with van der Waals surface area (Å²) in [6, 6.07) is 4.43. The standard InChI is InChI=1S/C13H16ClFN2O/c1-17(8-10-3-2-6-16-10)13(18)11-5-4-9(14)7-12(11)15/h4-5,7,10,16H,2-3,6,8H2,1H3. The van der Waals surface area contributed by atoms with Crippen LogP contribution in [-0.2, 0) is 0 Å². The molecule has 1 N–H and O–H groups in total. The first-order chi connectivity index (χ1) is 8.58. The summed E-state index contributed by atoms with van der Waals surface area (Å²) in [5, 5.41) is 3.60. The van der Waals surface area contributed by atoms with Gasteiger partial charge in [0.25, 0.3) is 5.91 Å². The van der Waals surface area contributed by atoms with Crippen LogP contribution in [0.1, 0.15) is 23.2 Å². The van der Waals surface area contributed by atoms with Gasteiger partial charge >= 0.3 is 0 Å². The summed E-state index contributed by atoms with van der Waals surface area (Å²) >= 11 is 5.66. The number of nitrogens with zero attached hydrogens (tertiary/aromatic N) is 1. The lowest BCUT2D eigenvalue weighted by molar-refractivity contribution is 0.0779. The van der Waals surface area contributed by atoms with Gasteiger partial charge in [0.1, 0.15) is 5.82 Å². The molecular weight excluding hydrogens is 255 g/mol. The molecule has 18 heavy (non-hydrogen) atoms. The van der Waals surface area contributed by atoms with E-state index in [-0.39, 0.29) is 11.5 Å². The molecule has 2 rings (SSSR count). The van der Waals surface area contributed by atoms with Crippen LogP contribution in [0.15, 0.2) is 18.2 Å². The molecule has 0 bridgehead atoms. The van der Waals surface area contributed by atoms with Crippen molar-refractivity contribution in [3.8, 4) is 0 Å². The maximum absolute atomic E-state index is 13.6. The fraction of sp³-hybridized carbons (Fsp3) is 0.462. The highest BCUT2D eigenvalue weighted by atomic mass is 35.5. The Labute approximate surface area is 111 Å². The van der Waals surface area contributed by atoms with Crippen LogP contribution in [0.3, 0.4) is 0 Å². The monoisotopic (exact) mass is 270 g/mol.